The molecule has 0 unspecified atom stereocenters. The summed E-state index contributed by atoms with van der Waals surface area (Å²) < 4.78 is 17.9. The minimum Gasteiger partial charge on any atom is -0.444 e. The largest absolute Gasteiger partial charge is 0.444 e. The number of aromatic nitrogens is 3. The molecule has 0 saturated carbocycles. The van der Waals surface area contributed by atoms with Crippen molar-refractivity contribution in [2.24, 2.45) is 0 Å². The highest BCUT2D eigenvalue weighted by molar-refractivity contribution is 5.85. The summed E-state index contributed by atoms with van der Waals surface area (Å²) >= 11 is 0. The molecular formula is C24H28N4O5. The van der Waals surface area contributed by atoms with Gasteiger partial charge < -0.3 is 14.2 Å². The molecule has 0 radical (unpaired) electrons. The lowest BCUT2D eigenvalue weighted by Crippen LogP contribution is -2.27. The van der Waals surface area contributed by atoms with Crippen LogP contribution >= 0.6 is 0 Å². The predicted octanol–water partition coefficient (Wildman–Crippen LogP) is 5.87. The molecule has 0 atom stereocenters. The third-order valence-electron chi connectivity index (χ3n) is 3.95. The van der Waals surface area contributed by atoms with Crippen molar-refractivity contribution in [3.63, 3.8) is 0 Å². The van der Waals surface area contributed by atoms with Crippen molar-refractivity contribution in [1.82, 2.24) is 14.5 Å². The standard InChI is InChI=1S/C24H28N4O5/c1-23(2,3)32-21(29)27-16-9-7-10-17(13-16)31-20-14-18(25-15-26-20)19-11-8-12-28(19)22(30)33-24(4,5)6/h7-15H,1-6H3,(H,27,29). The molecule has 0 fully saturated rings. The second kappa shape index (κ2) is 9.32. The zero-order valence-electron chi connectivity index (χ0n) is 19.6. The van der Waals surface area contributed by atoms with Gasteiger partial charge in [-0.2, -0.15) is 0 Å². The number of rotatable bonds is 4. The average molecular weight is 453 g/mol. The molecule has 0 aliphatic carbocycles. The van der Waals surface area contributed by atoms with Gasteiger partial charge in [-0.15, -0.1) is 0 Å². The zero-order chi connectivity index (χ0) is 24.2. The van der Waals surface area contributed by atoms with Crippen molar-refractivity contribution in [2.75, 3.05) is 5.32 Å². The van der Waals surface area contributed by atoms with Crippen molar-refractivity contribution in [2.45, 2.75) is 52.7 Å². The Labute approximate surface area is 192 Å². The molecule has 0 aliphatic heterocycles. The van der Waals surface area contributed by atoms with Crippen LogP contribution in [0.1, 0.15) is 41.5 Å². The summed E-state index contributed by atoms with van der Waals surface area (Å²) in [6.45, 7) is 10.8. The van der Waals surface area contributed by atoms with E-state index < -0.39 is 23.4 Å². The summed E-state index contributed by atoms with van der Waals surface area (Å²) in [6, 6.07) is 11.9. The van der Waals surface area contributed by atoms with Gasteiger partial charge in [0.2, 0.25) is 5.88 Å². The van der Waals surface area contributed by atoms with E-state index in [1.54, 1.807) is 90.2 Å². The maximum atomic E-state index is 12.5. The summed E-state index contributed by atoms with van der Waals surface area (Å²) in [5.41, 5.74) is 0.300. The molecule has 2 aromatic heterocycles. The van der Waals surface area contributed by atoms with E-state index in [9.17, 15) is 9.59 Å². The van der Waals surface area contributed by atoms with Crippen molar-refractivity contribution in [1.29, 1.82) is 0 Å². The Hall–Kier alpha value is -3.88. The Morgan fingerprint density at radius 3 is 2.33 bits per heavy atom. The summed E-state index contributed by atoms with van der Waals surface area (Å²) in [5, 5.41) is 2.67. The fourth-order valence-corrected chi connectivity index (χ4v) is 2.77. The van der Waals surface area contributed by atoms with Gasteiger partial charge in [-0.1, -0.05) is 6.07 Å². The first kappa shape index (κ1) is 23.8. The van der Waals surface area contributed by atoms with Gasteiger partial charge in [0.05, 0.1) is 11.4 Å². The minimum atomic E-state index is -0.628. The Bertz CT molecular complexity index is 1140. The summed E-state index contributed by atoms with van der Waals surface area (Å²) in [6.07, 6.45) is 1.88. The van der Waals surface area contributed by atoms with Gasteiger partial charge in [-0.25, -0.2) is 19.6 Å². The number of amides is 1. The molecule has 1 aromatic carbocycles. The van der Waals surface area contributed by atoms with Crippen molar-refractivity contribution in [3.05, 3.63) is 55.0 Å². The number of ether oxygens (including phenoxy) is 3. The fraction of sp³-hybridized carbons (Fsp3) is 0.333. The SMILES string of the molecule is CC(C)(C)OC(=O)Nc1cccc(Oc2cc(-c3cccn3C(=O)OC(C)(C)C)ncn2)c1. The van der Waals surface area contributed by atoms with Crippen LogP contribution in [0.4, 0.5) is 15.3 Å². The Kier molecular flexibility index (Phi) is 6.71. The first-order valence-corrected chi connectivity index (χ1v) is 10.4. The van der Waals surface area contributed by atoms with Gasteiger partial charge in [-0.05, 0) is 65.8 Å². The van der Waals surface area contributed by atoms with Crippen molar-refractivity contribution in [3.8, 4) is 23.0 Å². The first-order chi connectivity index (χ1) is 15.4. The highest BCUT2D eigenvalue weighted by Crippen LogP contribution is 2.27. The van der Waals surface area contributed by atoms with Crippen molar-refractivity contribution < 1.29 is 23.8 Å². The number of anilines is 1. The predicted molar refractivity (Wildman–Crippen MR) is 123 cm³/mol. The number of nitrogens with zero attached hydrogens (tertiary/aromatic N) is 3. The van der Waals surface area contributed by atoms with E-state index in [2.05, 4.69) is 15.3 Å². The normalized spacial score (nSPS) is 11.6. The van der Waals surface area contributed by atoms with Crippen LogP contribution in [0.3, 0.4) is 0 Å². The molecule has 1 N–H and O–H groups in total. The van der Waals surface area contributed by atoms with Gasteiger partial charge in [-0.3, -0.25) is 9.88 Å². The second-order valence-electron chi connectivity index (χ2n) is 9.24. The van der Waals surface area contributed by atoms with Gasteiger partial charge in [0.1, 0.15) is 23.3 Å². The van der Waals surface area contributed by atoms with Crippen LogP contribution < -0.4 is 10.1 Å². The minimum absolute atomic E-state index is 0.270. The molecule has 1 amide bonds. The van der Waals surface area contributed by atoms with Gasteiger partial charge in [0.15, 0.2) is 0 Å². The number of hydrogen-bond acceptors (Lipinski definition) is 7. The molecule has 3 rings (SSSR count). The third-order valence-corrected chi connectivity index (χ3v) is 3.95. The number of benzene rings is 1. The van der Waals surface area contributed by atoms with E-state index in [1.165, 1.54) is 10.9 Å². The van der Waals surface area contributed by atoms with Crippen LogP contribution in [0.5, 0.6) is 11.6 Å². The molecule has 9 heteroatoms. The van der Waals surface area contributed by atoms with Crippen LogP contribution in [0.25, 0.3) is 11.4 Å². The first-order valence-electron chi connectivity index (χ1n) is 10.4. The van der Waals surface area contributed by atoms with Gasteiger partial charge >= 0.3 is 12.2 Å². The maximum absolute atomic E-state index is 12.5. The van der Waals surface area contributed by atoms with E-state index in [-0.39, 0.29) is 5.88 Å². The van der Waals surface area contributed by atoms with Crippen LogP contribution in [-0.2, 0) is 9.47 Å². The van der Waals surface area contributed by atoms with Crippen molar-refractivity contribution >= 4 is 17.9 Å². The molecule has 3 aromatic rings. The smallest absolute Gasteiger partial charge is 0.419 e. The molecule has 2 heterocycles. The zero-order valence-corrected chi connectivity index (χ0v) is 19.6. The Morgan fingerprint density at radius 1 is 0.909 bits per heavy atom. The molecule has 0 spiro atoms. The van der Waals surface area contributed by atoms with E-state index in [1.807, 2.05) is 0 Å². The molecule has 33 heavy (non-hydrogen) atoms. The number of carbonyl (C=O) groups is 2. The van der Waals surface area contributed by atoms with E-state index in [0.717, 1.165) is 0 Å². The Morgan fingerprint density at radius 2 is 1.64 bits per heavy atom. The average Bonchev–Trinajstić information content (AvgIpc) is 3.16. The highest BCUT2D eigenvalue weighted by Gasteiger charge is 2.21. The topological polar surface area (TPSA) is 105 Å². The second-order valence-corrected chi connectivity index (χ2v) is 9.24. The molecule has 0 aliphatic rings. The molecule has 174 valence electrons. The van der Waals surface area contributed by atoms with Crippen LogP contribution in [0.15, 0.2) is 55.0 Å². The molecular weight excluding hydrogens is 424 g/mol. The maximum Gasteiger partial charge on any atom is 0.419 e. The molecule has 0 bridgehead atoms. The van der Waals surface area contributed by atoms with Crippen LogP contribution in [0.2, 0.25) is 0 Å². The van der Waals surface area contributed by atoms with Crippen LogP contribution in [0, 0.1) is 0 Å². The summed E-state index contributed by atoms with van der Waals surface area (Å²) in [7, 11) is 0. The van der Waals surface area contributed by atoms with Crippen LogP contribution in [-0.4, -0.2) is 37.9 Å². The Balaban J connectivity index is 1.77. The molecule has 9 nitrogen and oxygen atoms in total. The van der Waals surface area contributed by atoms with Gasteiger partial charge in [0.25, 0.3) is 0 Å². The van der Waals surface area contributed by atoms with E-state index >= 15 is 0 Å². The number of nitrogens with one attached hydrogen (secondary N) is 1. The van der Waals surface area contributed by atoms with E-state index in [4.69, 9.17) is 14.2 Å². The highest BCUT2D eigenvalue weighted by atomic mass is 16.6. The monoisotopic (exact) mass is 452 g/mol. The summed E-state index contributed by atoms with van der Waals surface area (Å²) in [4.78, 5) is 32.9. The number of carbonyl (C=O) groups excluding carboxylic acids is 2. The summed E-state index contributed by atoms with van der Waals surface area (Å²) in [5.74, 6) is 0.724. The fourth-order valence-electron chi connectivity index (χ4n) is 2.77. The third kappa shape index (κ3) is 7.06. The quantitative estimate of drug-likeness (QED) is 0.528. The van der Waals surface area contributed by atoms with E-state index in [0.29, 0.717) is 22.8 Å². The van der Waals surface area contributed by atoms with Gasteiger partial charge in [0, 0.05) is 24.0 Å². The lowest BCUT2D eigenvalue weighted by Gasteiger charge is -2.20. The lowest BCUT2D eigenvalue weighted by atomic mass is 10.2. The molecule has 0 saturated heterocycles. The number of hydrogen-bond donors (Lipinski definition) is 1. The lowest BCUT2D eigenvalue weighted by molar-refractivity contribution is 0.0538.